The number of halogens is 1. The van der Waals surface area contributed by atoms with E-state index in [1.54, 1.807) is 6.92 Å². The van der Waals surface area contributed by atoms with Gasteiger partial charge in [0.15, 0.2) is 0 Å². The second-order valence-corrected chi connectivity index (χ2v) is 5.11. The van der Waals surface area contributed by atoms with Crippen molar-refractivity contribution in [3.05, 3.63) is 21.6 Å². The number of aromatic nitrogens is 2. The van der Waals surface area contributed by atoms with Gasteiger partial charge >= 0.3 is 5.97 Å². The van der Waals surface area contributed by atoms with E-state index in [0.29, 0.717) is 31.3 Å². The van der Waals surface area contributed by atoms with Crippen molar-refractivity contribution in [3.63, 3.8) is 0 Å². The van der Waals surface area contributed by atoms with Crippen LogP contribution in [0.3, 0.4) is 0 Å². The molecule has 0 aliphatic heterocycles. The first-order chi connectivity index (χ1) is 9.45. The van der Waals surface area contributed by atoms with Crippen LogP contribution in [-0.2, 0) is 16.1 Å². The standard InChI is InChI=1S/C13H20ClN3O3/c1-4-20-11(18)5-6-15-10-7-16-17(8-9(2)3)13(19)12(10)14/h7,9,15H,4-6,8H2,1-3H3. The summed E-state index contributed by atoms with van der Waals surface area (Å²) in [6.45, 7) is 6.95. The molecule has 20 heavy (non-hydrogen) atoms. The van der Waals surface area contributed by atoms with Gasteiger partial charge in [0, 0.05) is 13.1 Å². The Kier molecular flexibility index (Phi) is 6.51. The number of carbonyl (C=O) groups is 1. The highest BCUT2D eigenvalue weighted by Crippen LogP contribution is 2.15. The van der Waals surface area contributed by atoms with Gasteiger partial charge in [0.1, 0.15) is 5.02 Å². The molecule has 0 atom stereocenters. The molecule has 0 aromatic carbocycles. The monoisotopic (exact) mass is 301 g/mol. The maximum absolute atomic E-state index is 12.0. The number of carbonyl (C=O) groups excluding carboxylic acids is 1. The van der Waals surface area contributed by atoms with Crippen LogP contribution in [0.2, 0.25) is 5.02 Å². The Morgan fingerprint density at radius 1 is 1.55 bits per heavy atom. The summed E-state index contributed by atoms with van der Waals surface area (Å²) < 4.78 is 6.14. The Balaban J connectivity index is 2.66. The van der Waals surface area contributed by atoms with Gasteiger partial charge in [0.25, 0.3) is 5.56 Å². The van der Waals surface area contributed by atoms with Crippen molar-refractivity contribution in [2.75, 3.05) is 18.5 Å². The highest BCUT2D eigenvalue weighted by atomic mass is 35.5. The average molecular weight is 302 g/mol. The summed E-state index contributed by atoms with van der Waals surface area (Å²) in [4.78, 5) is 23.1. The first kappa shape index (κ1) is 16.5. The molecule has 1 aromatic rings. The molecular weight excluding hydrogens is 282 g/mol. The average Bonchev–Trinajstić information content (AvgIpc) is 2.37. The zero-order valence-electron chi connectivity index (χ0n) is 12.0. The molecule has 0 fully saturated rings. The van der Waals surface area contributed by atoms with E-state index in [1.165, 1.54) is 10.9 Å². The summed E-state index contributed by atoms with van der Waals surface area (Å²) in [7, 11) is 0. The molecule has 1 heterocycles. The van der Waals surface area contributed by atoms with Crippen LogP contribution < -0.4 is 10.9 Å². The van der Waals surface area contributed by atoms with Gasteiger partial charge in [-0.1, -0.05) is 25.4 Å². The Hall–Kier alpha value is -1.56. The molecule has 0 saturated carbocycles. The van der Waals surface area contributed by atoms with E-state index < -0.39 is 0 Å². The maximum Gasteiger partial charge on any atom is 0.307 e. The quantitative estimate of drug-likeness (QED) is 0.779. The second kappa shape index (κ2) is 7.89. The van der Waals surface area contributed by atoms with Gasteiger partial charge < -0.3 is 10.1 Å². The topological polar surface area (TPSA) is 73.2 Å². The van der Waals surface area contributed by atoms with E-state index in [1.807, 2.05) is 13.8 Å². The third-order valence-corrected chi connectivity index (χ3v) is 2.84. The van der Waals surface area contributed by atoms with E-state index in [9.17, 15) is 9.59 Å². The summed E-state index contributed by atoms with van der Waals surface area (Å²) in [5, 5.41) is 7.06. The van der Waals surface area contributed by atoms with Gasteiger partial charge in [-0.05, 0) is 12.8 Å². The molecule has 0 unspecified atom stereocenters. The van der Waals surface area contributed by atoms with Crippen molar-refractivity contribution in [2.24, 2.45) is 5.92 Å². The molecule has 0 amide bonds. The second-order valence-electron chi connectivity index (χ2n) is 4.74. The van der Waals surface area contributed by atoms with Gasteiger partial charge in [-0.15, -0.1) is 0 Å². The van der Waals surface area contributed by atoms with E-state index in [-0.39, 0.29) is 23.0 Å². The normalized spacial score (nSPS) is 10.7. The van der Waals surface area contributed by atoms with Crippen LogP contribution in [0.1, 0.15) is 27.2 Å². The van der Waals surface area contributed by atoms with Crippen molar-refractivity contribution in [1.82, 2.24) is 9.78 Å². The minimum Gasteiger partial charge on any atom is -0.466 e. The summed E-state index contributed by atoms with van der Waals surface area (Å²) in [6.07, 6.45) is 1.70. The number of rotatable bonds is 7. The molecule has 6 nitrogen and oxygen atoms in total. The lowest BCUT2D eigenvalue weighted by Crippen LogP contribution is -2.26. The molecule has 1 aromatic heterocycles. The van der Waals surface area contributed by atoms with Gasteiger partial charge in [0.05, 0.1) is 24.9 Å². The summed E-state index contributed by atoms with van der Waals surface area (Å²) in [5.74, 6) is 0.0103. The fourth-order valence-corrected chi connectivity index (χ4v) is 1.81. The lowest BCUT2D eigenvalue weighted by Gasteiger charge is -2.11. The van der Waals surface area contributed by atoms with Crippen molar-refractivity contribution < 1.29 is 9.53 Å². The van der Waals surface area contributed by atoms with Gasteiger partial charge in [-0.3, -0.25) is 9.59 Å². The minimum atomic E-state index is -0.332. The number of anilines is 1. The summed E-state index contributed by atoms with van der Waals surface area (Å²) >= 11 is 6.01. The van der Waals surface area contributed by atoms with E-state index in [0.717, 1.165) is 0 Å². The Morgan fingerprint density at radius 3 is 2.85 bits per heavy atom. The first-order valence-electron chi connectivity index (χ1n) is 6.60. The largest absolute Gasteiger partial charge is 0.466 e. The molecule has 0 bridgehead atoms. The molecule has 0 aliphatic carbocycles. The number of nitrogens with zero attached hydrogens (tertiary/aromatic N) is 2. The number of ether oxygens (including phenoxy) is 1. The van der Waals surface area contributed by atoms with Gasteiger partial charge in [-0.25, -0.2) is 4.68 Å². The Morgan fingerprint density at radius 2 is 2.25 bits per heavy atom. The van der Waals surface area contributed by atoms with Crippen LogP contribution in [0, 0.1) is 5.92 Å². The summed E-state index contributed by atoms with van der Waals surface area (Å²) in [5.41, 5.74) is 0.0995. The third kappa shape index (κ3) is 4.85. The SMILES string of the molecule is CCOC(=O)CCNc1cnn(CC(C)C)c(=O)c1Cl. The number of esters is 1. The molecule has 0 radical (unpaired) electrons. The Bertz CT molecular complexity index is 514. The van der Waals surface area contributed by atoms with Crippen LogP contribution in [-0.4, -0.2) is 28.9 Å². The van der Waals surface area contributed by atoms with Crippen molar-refractivity contribution in [2.45, 2.75) is 33.7 Å². The molecule has 1 N–H and O–H groups in total. The number of nitrogens with one attached hydrogen (secondary N) is 1. The molecule has 1 rings (SSSR count). The zero-order chi connectivity index (χ0) is 15.1. The molecule has 0 aliphatic rings. The third-order valence-electron chi connectivity index (χ3n) is 2.47. The Labute approximate surface area is 123 Å². The highest BCUT2D eigenvalue weighted by molar-refractivity contribution is 6.32. The number of hydrogen-bond donors (Lipinski definition) is 1. The molecule has 112 valence electrons. The highest BCUT2D eigenvalue weighted by Gasteiger charge is 2.10. The lowest BCUT2D eigenvalue weighted by molar-refractivity contribution is -0.142. The van der Waals surface area contributed by atoms with Crippen LogP contribution >= 0.6 is 11.6 Å². The predicted molar refractivity (Wildman–Crippen MR) is 78.1 cm³/mol. The van der Waals surface area contributed by atoms with Crippen molar-refractivity contribution >= 4 is 23.3 Å². The fourth-order valence-electron chi connectivity index (χ4n) is 1.60. The number of hydrogen-bond acceptors (Lipinski definition) is 5. The first-order valence-corrected chi connectivity index (χ1v) is 6.98. The fraction of sp³-hybridized carbons (Fsp3) is 0.615. The van der Waals surface area contributed by atoms with Crippen molar-refractivity contribution in [3.8, 4) is 0 Å². The zero-order valence-corrected chi connectivity index (χ0v) is 12.7. The van der Waals surface area contributed by atoms with E-state index in [2.05, 4.69) is 10.4 Å². The molecule has 0 spiro atoms. The van der Waals surface area contributed by atoms with E-state index >= 15 is 0 Å². The smallest absolute Gasteiger partial charge is 0.307 e. The molecule has 0 saturated heterocycles. The predicted octanol–water partition coefficient (Wildman–Crippen LogP) is 1.92. The van der Waals surface area contributed by atoms with Crippen molar-refractivity contribution in [1.29, 1.82) is 0 Å². The van der Waals surface area contributed by atoms with Crippen LogP contribution in [0.25, 0.3) is 0 Å². The molecule has 7 heteroatoms. The minimum absolute atomic E-state index is 0.0875. The maximum atomic E-state index is 12.0. The van der Waals surface area contributed by atoms with Crippen LogP contribution in [0.4, 0.5) is 5.69 Å². The van der Waals surface area contributed by atoms with E-state index in [4.69, 9.17) is 16.3 Å². The van der Waals surface area contributed by atoms with Crippen LogP contribution in [0.5, 0.6) is 0 Å². The van der Waals surface area contributed by atoms with Crippen LogP contribution in [0.15, 0.2) is 11.0 Å². The lowest BCUT2D eigenvalue weighted by atomic mass is 10.2. The summed E-state index contributed by atoms with van der Waals surface area (Å²) in [6, 6.07) is 0. The van der Waals surface area contributed by atoms with Gasteiger partial charge in [0.2, 0.25) is 0 Å². The molecular formula is C13H20ClN3O3. The van der Waals surface area contributed by atoms with Gasteiger partial charge in [-0.2, -0.15) is 5.10 Å².